The van der Waals surface area contributed by atoms with Gasteiger partial charge in [-0.05, 0) is 51.2 Å². The highest BCUT2D eigenvalue weighted by Crippen LogP contribution is 2.35. The van der Waals surface area contributed by atoms with Crippen molar-refractivity contribution in [2.24, 2.45) is 0 Å². The van der Waals surface area contributed by atoms with Gasteiger partial charge in [0.05, 0.1) is 36.9 Å². The SMILES string of the molecule is Cc1nc(CC(=O)NC2CCC2)c(C2OCCO2)c(N[C@H](C)c2cccc(C(F)F)c2C)n1. The summed E-state index contributed by atoms with van der Waals surface area (Å²) in [6, 6.07) is 4.80. The molecule has 2 aromatic rings. The highest BCUT2D eigenvalue weighted by molar-refractivity contribution is 5.79. The van der Waals surface area contributed by atoms with E-state index < -0.39 is 12.7 Å². The first-order chi connectivity index (χ1) is 15.8. The highest BCUT2D eigenvalue weighted by Gasteiger charge is 2.30. The fourth-order valence-electron chi connectivity index (χ4n) is 4.30. The summed E-state index contributed by atoms with van der Waals surface area (Å²) in [4.78, 5) is 21.7. The Labute approximate surface area is 192 Å². The number of nitrogens with one attached hydrogen (secondary N) is 2. The standard InChI is InChI=1S/C24H30F2N4O3/c1-13-17(8-5-9-18(13)22(25)26)14(2)27-23-21(24-32-10-11-33-24)19(28-15(3)29-23)12-20(31)30-16-6-4-7-16/h5,8-9,14,16,22,24H,4,6-7,10-12H2,1-3H3,(H,30,31)(H,27,28,29)/t14-/m1/s1. The van der Waals surface area contributed by atoms with E-state index in [4.69, 9.17) is 9.47 Å². The van der Waals surface area contributed by atoms with Gasteiger partial charge in [-0.1, -0.05) is 18.2 Å². The van der Waals surface area contributed by atoms with E-state index in [1.54, 1.807) is 19.9 Å². The molecule has 1 aromatic heterocycles. The molecule has 1 aromatic carbocycles. The number of ether oxygens (including phenoxy) is 2. The zero-order valence-electron chi connectivity index (χ0n) is 19.2. The van der Waals surface area contributed by atoms with Crippen LogP contribution in [-0.2, 0) is 20.7 Å². The molecule has 1 amide bonds. The minimum absolute atomic E-state index is 0.0102. The van der Waals surface area contributed by atoms with E-state index in [2.05, 4.69) is 20.6 Å². The van der Waals surface area contributed by atoms with Crippen LogP contribution in [-0.4, -0.2) is 35.1 Å². The Kier molecular flexibility index (Phi) is 7.19. The summed E-state index contributed by atoms with van der Waals surface area (Å²) >= 11 is 0. The Morgan fingerprint density at radius 1 is 1.15 bits per heavy atom. The van der Waals surface area contributed by atoms with Crippen LogP contribution >= 0.6 is 0 Å². The van der Waals surface area contributed by atoms with Crippen LogP contribution in [0.1, 0.15) is 78.7 Å². The van der Waals surface area contributed by atoms with Gasteiger partial charge in [0.2, 0.25) is 5.91 Å². The van der Waals surface area contributed by atoms with E-state index >= 15 is 0 Å². The highest BCUT2D eigenvalue weighted by atomic mass is 19.3. The lowest BCUT2D eigenvalue weighted by Gasteiger charge is -2.27. The number of nitrogens with zero attached hydrogens (tertiary/aromatic N) is 2. The summed E-state index contributed by atoms with van der Waals surface area (Å²) < 4.78 is 38.3. The number of halogens is 2. The van der Waals surface area contributed by atoms with Gasteiger partial charge < -0.3 is 20.1 Å². The van der Waals surface area contributed by atoms with E-state index in [1.165, 1.54) is 6.07 Å². The van der Waals surface area contributed by atoms with E-state index in [-0.39, 0.29) is 30.0 Å². The molecule has 0 radical (unpaired) electrons. The van der Waals surface area contributed by atoms with Crippen LogP contribution in [0.3, 0.4) is 0 Å². The lowest BCUT2D eigenvalue weighted by atomic mass is 9.93. The molecule has 1 atom stereocenters. The predicted molar refractivity (Wildman–Crippen MR) is 119 cm³/mol. The van der Waals surface area contributed by atoms with Crippen molar-refractivity contribution >= 4 is 11.7 Å². The monoisotopic (exact) mass is 460 g/mol. The molecule has 33 heavy (non-hydrogen) atoms. The van der Waals surface area contributed by atoms with Crippen molar-refractivity contribution in [2.75, 3.05) is 18.5 Å². The van der Waals surface area contributed by atoms with Gasteiger partial charge >= 0.3 is 0 Å². The second-order valence-corrected chi connectivity index (χ2v) is 8.65. The molecule has 4 rings (SSSR count). The van der Waals surface area contributed by atoms with Crippen molar-refractivity contribution in [3.05, 3.63) is 52.0 Å². The molecule has 178 valence electrons. The maximum absolute atomic E-state index is 13.4. The molecule has 1 aliphatic carbocycles. The number of hydrogen-bond donors (Lipinski definition) is 2. The predicted octanol–water partition coefficient (Wildman–Crippen LogP) is 4.46. The van der Waals surface area contributed by atoms with Crippen LogP contribution in [0.15, 0.2) is 18.2 Å². The van der Waals surface area contributed by atoms with Gasteiger partial charge in [-0.15, -0.1) is 0 Å². The minimum Gasteiger partial charge on any atom is -0.363 e. The lowest BCUT2D eigenvalue weighted by molar-refractivity contribution is -0.121. The van der Waals surface area contributed by atoms with Gasteiger partial charge in [0.25, 0.3) is 6.43 Å². The summed E-state index contributed by atoms with van der Waals surface area (Å²) in [5.74, 6) is 0.877. The molecule has 9 heteroatoms. The molecular weight excluding hydrogens is 430 g/mol. The number of alkyl halides is 2. The maximum atomic E-state index is 13.4. The van der Waals surface area contributed by atoms with Crippen LogP contribution < -0.4 is 10.6 Å². The molecule has 2 heterocycles. The Bertz CT molecular complexity index is 1010. The number of aryl methyl sites for hydroxylation is 1. The van der Waals surface area contributed by atoms with Gasteiger partial charge in [-0.25, -0.2) is 18.7 Å². The summed E-state index contributed by atoms with van der Waals surface area (Å²) in [5, 5.41) is 6.38. The molecule has 1 saturated carbocycles. The average Bonchev–Trinajstić information content (AvgIpc) is 3.24. The molecule has 1 aliphatic heterocycles. The Morgan fingerprint density at radius 3 is 2.48 bits per heavy atom. The summed E-state index contributed by atoms with van der Waals surface area (Å²) in [5.41, 5.74) is 2.41. The number of benzene rings is 1. The number of amides is 1. The average molecular weight is 461 g/mol. The first kappa shape index (κ1) is 23.5. The van der Waals surface area contributed by atoms with E-state index in [0.29, 0.717) is 41.7 Å². The number of hydrogen-bond acceptors (Lipinski definition) is 6. The number of carbonyl (C=O) groups is 1. The number of carbonyl (C=O) groups excluding carboxylic acids is 1. The molecule has 2 aliphatic rings. The number of aromatic nitrogens is 2. The Morgan fingerprint density at radius 2 is 1.85 bits per heavy atom. The fourth-order valence-corrected chi connectivity index (χ4v) is 4.30. The molecule has 2 N–H and O–H groups in total. The van der Waals surface area contributed by atoms with Gasteiger partial charge in [0, 0.05) is 11.6 Å². The number of rotatable bonds is 8. The van der Waals surface area contributed by atoms with Crippen molar-refractivity contribution in [3.63, 3.8) is 0 Å². The van der Waals surface area contributed by atoms with Crippen molar-refractivity contribution < 1.29 is 23.0 Å². The van der Waals surface area contributed by atoms with Crippen LogP contribution in [0.5, 0.6) is 0 Å². The van der Waals surface area contributed by atoms with Crippen LogP contribution in [0.25, 0.3) is 0 Å². The molecule has 1 saturated heterocycles. The van der Waals surface area contributed by atoms with Gasteiger partial charge in [0.1, 0.15) is 11.6 Å². The van der Waals surface area contributed by atoms with E-state index in [0.717, 1.165) is 24.8 Å². The smallest absolute Gasteiger partial charge is 0.264 e. The van der Waals surface area contributed by atoms with E-state index in [9.17, 15) is 13.6 Å². The molecule has 0 spiro atoms. The zero-order valence-corrected chi connectivity index (χ0v) is 19.2. The first-order valence-electron chi connectivity index (χ1n) is 11.4. The lowest BCUT2D eigenvalue weighted by Crippen LogP contribution is -2.40. The van der Waals surface area contributed by atoms with Crippen LogP contribution in [0, 0.1) is 13.8 Å². The fraction of sp³-hybridized carbons (Fsp3) is 0.542. The van der Waals surface area contributed by atoms with Crippen LogP contribution in [0.2, 0.25) is 0 Å². The molecule has 0 bridgehead atoms. The van der Waals surface area contributed by atoms with Gasteiger partial charge in [-0.3, -0.25) is 4.79 Å². The van der Waals surface area contributed by atoms with Crippen molar-refractivity contribution in [1.29, 1.82) is 0 Å². The quantitative estimate of drug-likeness (QED) is 0.605. The summed E-state index contributed by atoms with van der Waals surface area (Å²) in [6.07, 6.45) is -0.0308. The van der Waals surface area contributed by atoms with E-state index in [1.807, 2.05) is 13.0 Å². The molecule has 2 fully saturated rings. The normalized spacial score (nSPS) is 17.8. The van der Waals surface area contributed by atoms with Crippen LogP contribution in [0.4, 0.5) is 14.6 Å². The van der Waals surface area contributed by atoms with Gasteiger partial charge in [-0.2, -0.15) is 0 Å². The second kappa shape index (κ2) is 10.1. The molecule has 0 unspecified atom stereocenters. The summed E-state index contributed by atoms with van der Waals surface area (Å²) in [6.45, 7) is 6.19. The van der Waals surface area contributed by atoms with Crippen molar-refractivity contribution in [3.8, 4) is 0 Å². The largest absolute Gasteiger partial charge is 0.363 e. The van der Waals surface area contributed by atoms with Crippen molar-refractivity contribution in [1.82, 2.24) is 15.3 Å². The van der Waals surface area contributed by atoms with Gasteiger partial charge in [0.15, 0.2) is 6.29 Å². The number of anilines is 1. The second-order valence-electron chi connectivity index (χ2n) is 8.65. The Hall–Kier alpha value is -2.65. The zero-order chi connectivity index (χ0) is 23.5. The molecule has 7 nitrogen and oxygen atoms in total. The summed E-state index contributed by atoms with van der Waals surface area (Å²) in [7, 11) is 0. The third-order valence-electron chi connectivity index (χ3n) is 6.26. The van der Waals surface area contributed by atoms with Crippen molar-refractivity contribution in [2.45, 2.75) is 71.3 Å². The third-order valence-corrected chi connectivity index (χ3v) is 6.26. The first-order valence-corrected chi connectivity index (χ1v) is 11.4. The minimum atomic E-state index is -2.55. The maximum Gasteiger partial charge on any atom is 0.264 e. The molecular formula is C24H30F2N4O3. The Balaban J connectivity index is 1.65. The third kappa shape index (κ3) is 5.30. The topological polar surface area (TPSA) is 85.4 Å².